The van der Waals surface area contributed by atoms with E-state index in [4.69, 9.17) is 15.9 Å². The summed E-state index contributed by atoms with van der Waals surface area (Å²) in [4.78, 5) is 11.5. The number of carbonyl (C=O) groups is 1. The molecule has 0 fully saturated rings. The Hall–Kier alpha value is -2.15. The third-order valence-electron chi connectivity index (χ3n) is 2.23. The largest absolute Gasteiger partial charge is 0.497 e. The van der Waals surface area contributed by atoms with Crippen molar-refractivity contribution in [1.82, 2.24) is 5.32 Å². The fraction of sp³-hybridized carbons (Fsp3) is 0.308. The lowest BCUT2D eigenvalue weighted by molar-refractivity contribution is -0.120. The van der Waals surface area contributed by atoms with Crippen LogP contribution in [0.3, 0.4) is 0 Å². The smallest absolute Gasteiger partial charge is 0.225 e. The lowest BCUT2D eigenvalue weighted by Crippen LogP contribution is -2.25. The van der Waals surface area contributed by atoms with Gasteiger partial charge in [-0.25, -0.2) is 0 Å². The molecule has 1 aromatic carbocycles. The zero-order chi connectivity index (χ0) is 12.7. The van der Waals surface area contributed by atoms with Gasteiger partial charge in [0, 0.05) is 11.6 Å². The van der Waals surface area contributed by atoms with Crippen LogP contribution in [0.1, 0.15) is 5.56 Å². The first-order chi connectivity index (χ1) is 8.21. The summed E-state index contributed by atoms with van der Waals surface area (Å²) in [5, 5.41) is 2.60. The van der Waals surface area contributed by atoms with Crippen LogP contribution in [0.5, 0.6) is 11.5 Å². The predicted molar refractivity (Wildman–Crippen MR) is 65.1 cm³/mol. The van der Waals surface area contributed by atoms with Gasteiger partial charge < -0.3 is 14.8 Å². The molecule has 0 atom stereocenters. The minimum Gasteiger partial charge on any atom is -0.497 e. The van der Waals surface area contributed by atoms with E-state index in [2.05, 4.69) is 11.2 Å². The van der Waals surface area contributed by atoms with Crippen molar-refractivity contribution in [1.29, 1.82) is 0 Å². The Labute approximate surface area is 101 Å². The van der Waals surface area contributed by atoms with Crippen LogP contribution in [0, 0.1) is 12.3 Å². The molecule has 4 heteroatoms. The minimum absolute atomic E-state index is 0.133. The van der Waals surface area contributed by atoms with Crippen LogP contribution in [-0.4, -0.2) is 26.7 Å². The highest BCUT2D eigenvalue weighted by atomic mass is 16.5. The Morgan fingerprint density at radius 3 is 2.76 bits per heavy atom. The summed E-state index contributed by atoms with van der Waals surface area (Å²) in [5.74, 6) is 3.53. The van der Waals surface area contributed by atoms with Crippen molar-refractivity contribution in [2.75, 3.05) is 20.8 Å². The van der Waals surface area contributed by atoms with Crippen molar-refractivity contribution < 1.29 is 14.3 Å². The average molecular weight is 233 g/mol. The maximum absolute atomic E-state index is 11.5. The van der Waals surface area contributed by atoms with Gasteiger partial charge >= 0.3 is 0 Å². The van der Waals surface area contributed by atoms with Gasteiger partial charge in [-0.3, -0.25) is 4.79 Å². The molecule has 0 radical (unpaired) electrons. The lowest BCUT2D eigenvalue weighted by atomic mass is 10.1. The normalized spacial score (nSPS) is 9.24. The highest BCUT2D eigenvalue weighted by molar-refractivity contribution is 5.79. The van der Waals surface area contributed by atoms with Gasteiger partial charge in [0.2, 0.25) is 5.91 Å². The van der Waals surface area contributed by atoms with Crippen LogP contribution in [0.4, 0.5) is 0 Å². The van der Waals surface area contributed by atoms with Gasteiger partial charge in [0.05, 0.1) is 27.2 Å². The minimum atomic E-state index is -0.133. The Morgan fingerprint density at radius 2 is 2.18 bits per heavy atom. The van der Waals surface area contributed by atoms with Crippen molar-refractivity contribution in [3.8, 4) is 23.8 Å². The predicted octanol–water partition coefficient (Wildman–Crippen LogP) is 0.996. The van der Waals surface area contributed by atoms with Crippen LogP contribution >= 0.6 is 0 Å². The van der Waals surface area contributed by atoms with Crippen LogP contribution in [-0.2, 0) is 11.2 Å². The molecule has 1 rings (SSSR count). The number of methoxy groups -OCH3 is 2. The van der Waals surface area contributed by atoms with Gasteiger partial charge in [0.25, 0.3) is 0 Å². The molecule has 0 aliphatic heterocycles. The summed E-state index contributed by atoms with van der Waals surface area (Å²) < 4.78 is 10.3. The molecule has 0 aromatic heterocycles. The fourth-order valence-corrected chi connectivity index (χ4v) is 1.38. The molecule has 0 aliphatic rings. The van der Waals surface area contributed by atoms with E-state index in [1.165, 1.54) is 0 Å². The van der Waals surface area contributed by atoms with E-state index in [-0.39, 0.29) is 18.9 Å². The molecule has 0 saturated heterocycles. The molecule has 0 saturated carbocycles. The third-order valence-corrected chi connectivity index (χ3v) is 2.23. The molecule has 0 bridgehead atoms. The summed E-state index contributed by atoms with van der Waals surface area (Å²) in [7, 11) is 3.13. The zero-order valence-corrected chi connectivity index (χ0v) is 9.95. The van der Waals surface area contributed by atoms with Crippen molar-refractivity contribution >= 4 is 5.91 Å². The van der Waals surface area contributed by atoms with Gasteiger partial charge in [-0.2, -0.15) is 0 Å². The summed E-state index contributed by atoms with van der Waals surface area (Å²) in [6.07, 6.45) is 5.29. The first-order valence-corrected chi connectivity index (χ1v) is 5.12. The number of amides is 1. The second kappa shape index (κ2) is 6.44. The van der Waals surface area contributed by atoms with Gasteiger partial charge in [-0.1, -0.05) is 12.0 Å². The maximum Gasteiger partial charge on any atom is 0.225 e. The van der Waals surface area contributed by atoms with Crippen molar-refractivity contribution in [3.63, 3.8) is 0 Å². The van der Waals surface area contributed by atoms with Crippen LogP contribution in [0.15, 0.2) is 18.2 Å². The number of benzene rings is 1. The molecule has 4 nitrogen and oxygen atoms in total. The molecule has 1 aromatic rings. The number of hydrogen-bond acceptors (Lipinski definition) is 3. The quantitative estimate of drug-likeness (QED) is 0.772. The third kappa shape index (κ3) is 3.72. The van der Waals surface area contributed by atoms with Crippen LogP contribution < -0.4 is 14.8 Å². The topological polar surface area (TPSA) is 47.6 Å². The number of ether oxygens (including phenoxy) is 2. The van der Waals surface area contributed by atoms with E-state index in [0.29, 0.717) is 11.5 Å². The van der Waals surface area contributed by atoms with Crippen molar-refractivity contribution in [2.24, 2.45) is 0 Å². The number of rotatable bonds is 5. The first kappa shape index (κ1) is 12.9. The van der Waals surface area contributed by atoms with Gasteiger partial charge in [0.15, 0.2) is 0 Å². The fourth-order valence-electron chi connectivity index (χ4n) is 1.38. The van der Waals surface area contributed by atoms with Crippen LogP contribution in [0.25, 0.3) is 0 Å². The van der Waals surface area contributed by atoms with Crippen molar-refractivity contribution in [2.45, 2.75) is 6.42 Å². The monoisotopic (exact) mass is 233 g/mol. The van der Waals surface area contributed by atoms with E-state index in [0.717, 1.165) is 5.56 Å². The molecule has 0 heterocycles. The SMILES string of the molecule is C#CCNC(=O)Cc1ccc(OC)cc1OC. The summed E-state index contributed by atoms with van der Waals surface area (Å²) >= 11 is 0. The standard InChI is InChI=1S/C13H15NO3/c1-4-7-14-13(15)8-10-5-6-11(16-2)9-12(10)17-3/h1,5-6,9H,7-8H2,2-3H3,(H,14,15). The molecule has 0 aliphatic carbocycles. The zero-order valence-electron chi connectivity index (χ0n) is 9.95. The molecule has 1 amide bonds. The average Bonchev–Trinajstić information content (AvgIpc) is 2.36. The first-order valence-electron chi connectivity index (χ1n) is 5.12. The molecule has 0 spiro atoms. The van der Waals surface area contributed by atoms with E-state index < -0.39 is 0 Å². The Balaban J connectivity index is 2.77. The van der Waals surface area contributed by atoms with Crippen LogP contribution in [0.2, 0.25) is 0 Å². The summed E-state index contributed by atoms with van der Waals surface area (Å²) in [6, 6.07) is 5.32. The molecular weight excluding hydrogens is 218 g/mol. The number of carbonyl (C=O) groups excluding carboxylic acids is 1. The molecule has 17 heavy (non-hydrogen) atoms. The number of nitrogens with one attached hydrogen (secondary N) is 1. The molecule has 0 unspecified atom stereocenters. The van der Waals surface area contributed by atoms with E-state index in [9.17, 15) is 4.79 Å². The van der Waals surface area contributed by atoms with Gasteiger partial charge in [0.1, 0.15) is 11.5 Å². The molecule has 1 N–H and O–H groups in total. The second-order valence-corrected chi connectivity index (χ2v) is 3.34. The van der Waals surface area contributed by atoms with Gasteiger partial charge in [-0.05, 0) is 6.07 Å². The Kier molecular flexibility index (Phi) is 4.89. The number of hydrogen-bond donors (Lipinski definition) is 1. The summed E-state index contributed by atoms with van der Waals surface area (Å²) in [6.45, 7) is 0.233. The Morgan fingerprint density at radius 1 is 1.41 bits per heavy atom. The van der Waals surface area contributed by atoms with Crippen molar-refractivity contribution in [3.05, 3.63) is 23.8 Å². The summed E-state index contributed by atoms with van der Waals surface area (Å²) in [5.41, 5.74) is 0.794. The van der Waals surface area contributed by atoms with E-state index in [1.54, 1.807) is 32.4 Å². The highest BCUT2D eigenvalue weighted by Gasteiger charge is 2.09. The number of terminal acetylenes is 1. The molecular formula is C13H15NO3. The van der Waals surface area contributed by atoms with E-state index >= 15 is 0 Å². The van der Waals surface area contributed by atoms with E-state index in [1.807, 2.05) is 0 Å². The molecule has 90 valence electrons. The Bertz CT molecular complexity index is 435. The second-order valence-electron chi connectivity index (χ2n) is 3.34. The van der Waals surface area contributed by atoms with Gasteiger partial charge in [-0.15, -0.1) is 6.42 Å². The maximum atomic E-state index is 11.5. The lowest BCUT2D eigenvalue weighted by Gasteiger charge is -2.09. The highest BCUT2D eigenvalue weighted by Crippen LogP contribution is 2.24.